The zero-order valence-corrected chi connectivity index (χ0v) is 20.7. The Morgan fingerprint density at radius 1 is 1.00 bits per heavy atom. The molecule has 0 aliphatic carbocycles. The van der Waals surface area contributed by atoms with Gasteiger partial charge in [0, 0.05) is 29.8 Å². The normalized spacial score (nSPS) is 21.0. The molecule has 0 bridgehead atoms. The smallest absolute Gasteiger partial charge is 0.119 e. The van der Waals surface area contributed by atoms with Crippen LogP contribution >= 0.6 is 15.9 Å². The third kappa shape index (κ3) is 5.11. The third-order valence-electron chi connectivity index (χ3n) is 6.80. The van der Waals surface area contributed by atoms with Gasteiger partial charge in [-0.15, -0.1) is 0 Å². The maximum Gasteiger partial charge on any atom is 0.119 e. The summed E-state index contributed by atoms with van der Waals surface area (Å²) in [5, 5.41) is 0. The van der Waals surface area contributed by atoms with Crippen LogP contribution in [0.25, 0.3) is 0 Å². The number of benzene rings is 3. The van der Waals surface area contributed by atoms with Crippen LogP contribution in [-0.4, -0.2) is 43.7 Å². The van der Waals surface area contributed by atoms with Gasteiger partial charge in [0.1, 0.15) is 18.5 Å². The van der Waals surface area contributed by atoms with Crippen molar-refractivity contribution in [1.29, 1.82) is 0 Å². The van der Waals surface area contributed by atoms with Gasteiger partial charge in [0.25, 0.3) is 0 Å². The highest BCUT2D eigenvalue weighted by Crippen LogP contribution is 2.37. The monoisotopic (exact) mass is 506 g/mol. The summed E-state index contributed by atoms with van der Waals surface area (Å²) in [4.78, 5) is 5.07. The lowest BCUT2D eigenvalue weighted by Crippen LogP contribution is -2.56. The first-order chi connectivity index (χ1) is 16.2. The summed E-state index contributed by atoms with van der Waals surface area (Å²) >= 11 is 3.64. The molecule has 5 rings (SSSR count). The predicted octanol–water partition coefficient (Wildman–Crippen LogP) is 5.85. The minimum Gasteiger partial charge on any atom is -0.489 e. The Balaban J connectivity index is 1.36. The molecule has 0 aromatic heterocycles. The van der Waals surface area contributed by atoms with E-state index in [1.165, 1.54) is 22.4 Å². The van der Waals surface area contributed by atoms with Crippen molar-refractivity contribution in [2.24, 2.45) is 0 Å². The lowest BCUT2D eigenvalue weighted by molar-refractivity contribution is 0.00757. The summed E-state index contributed by atoms with van der Waals surface area (Å²) in [7, 11) is 0. The van der Waals surface area contributed by atoms with Crippen LogP contribution in [0.5, 0.6) is 5.75 Å². The molecule has 172 valence electrons. The standard InChI is InChI=1S/C28H31BrN2O2/c1-2-30-15-16-31(24-9-11-25(12-10-24)33-20-21-6-4-3-5-7-21)27(19-30)28-26-13-8-23(29)18-22(26)14-17-32-28/h3-13,18,27-28H,2,14-17,19-20H2,1H3. The van der Waals surface area contributed by atoms with Crippen LogP contribution in [0.1, 0.15) is 29.7 Å². The van der Waals surface area contributed by atoms with Crippen molar-refractivity contribution in [3.05, 3.63) is 94.0 Å². The van der Waals surface area contributed by atoms with E-state index in [0.717, 1.165) is 49.4 Å². The summed E-state index contributed by atoms with van der Waals surface area (Å²) in [5.74, 6) is 0.899. The van der Waals surface area contributed by atoms with Gasteiger partial charge >= 0.3 is 0 Å². The Labute approximate surface area is 205 Å². The van der Waals surface area contributed by atoms with Crippen LogP contribution < -0.4 is 9.64 Å². The highest BCUT2D eigenvalue weighted by Gasteiger charge is 2.37. The lowest BCUT2D eigenvalue weighted by atomic mass is 9.91. The van der Waals surface area contributed by atoms with Gasteiger partial charge in [0.05, 0.1) is 12.6 Å². The molecule has 2 heterocycles. The van der Waals surface area contributed by atoms with E-state index >= 15 is 0 Å². The van der Waals surface area contributed by atoms with Crippen molar-refractivity contribution in [3.8, 4) is 5.75 Å². The van der Waals surface area contributed by atoms with E-state index in [2.05, 4.69) is 87.3 Å². The molecule has 5 heteroatoms. The highest BCUT2D eigenvalue weighted by molar-refractivity contribution is 9.10. The van der Waals surface area contributed by atoms with Crippen LogP contribution in [0.3, 0.4) is 0 Å². The molecule has 0 amide bonds. The van der Waals surface area contributed by atoms with Gasteiger partial charge in [-0.1, -0.05) is 59.3 Å². The molecule has 33 heavy (non-hydrogen) atoms. The Bertz CT molecular complexity index is 1060. The maximum absolute atomic E-state index is 6.43. The Morgan fingerprint density at radius 2 is 1.82 bits per heavy atom. The first-order valence-corrected chi connectivity index (χ1v) is 12.7. The van der Waals surface area contributed by atoms with Gasteiger partial charge in [-0.2, -0.15) is 0 Å². The average molecular weight is 507 g/mol. The number of hydrogen-bond acceptors (Lipinski definition) is 4. The summed E-state index contributed by atoms with van der Waals surface area (Å²) < 4.78 is 13.6. The molecular formula is C28H31BrN2O2. The molecule has 2 aliphatic rings. The molecule has 3 aromatic carbocycles. The molecular weight excluding hydrogens is 476 g/mol. The fourth-order valence-electron chi connectivity index (χ4n) is 4.98. The van der Waals surface area contributed by atoms with Crippen LogP contribution in [0.15, 0.2) is 77.3 Å². The SMILES string of the molecule is CCN1CCN(c2ccc(OCc3ccccc3)cc2)C(C2OCCc3cc(Br)ccc32)C1. The van der Waals surface area contributed by atoms with Crippen LogP contribution in [0, 0.1) is 0 Å². The Hall–Kier alpha value is -2.34. The first-order valence-electron chi connectivity index (χ1n) is 11.9. The molecule has 1 fully saturated rings. The number of nitrogens with zero attached hydrogens (tertiary/aromatic N) is 2. The molecule has 0 radical (unpaired) electrons. The van der Waals surface area contributed by atoms with Crippen molar-refractivity contribution < 1.29 is 9.47 Å². The highest BCUT2D eigenvalue weighted by atomic mass is 79.9. The summed E-state index contributed by atoms with van der Waals surface area (Å²) in [5.41, 5.74) is 5.15. The average Bonchev–Trinajstić information content (AvgIpc) is 2.87. The van der Waals surface area contributed by atoms with Crippen LogP contribution in [0.4, 0.5) is 5.69 Å². The number of anilines is 1. The van der Waals surface area contributed by atoms with Gasteiger partial charge in [0.15, 0.2) is 0 Å². The van der Waals surface area contributed by atoms with Crippen molar-refractivity contribution >= 4 is 21.6 Å². The van der Waals surface area contributed by atoms with Gasteiger partial charge in [0.2, 0.25) is 0 Å². The van der Waals surface area contributed by atoms with E-state index in [-0.39, 0.29) is 12.1 Å². The zero-order chi connectivity index (χ0) is 22.6. The predicted molar refractivity (Wildman–Crippen MR) is 137 cm³/mol. The Morgan fingerprint density at radius 3 is 2.61 bits per heavy atom. The molecule has 2 atom stereocenters. The number of halogens is 1. The molecule has 2 aliphatic heterocycles. The largest absolute Gasteiger partial charge is 0.489 e. The van der Waals surface area contributed by atoms with Gasteiger partial charge in [-0.3, -0.25) is 4.90 Å². The number of fused-ring (bicyclic) bond motifs is 1. The van der Waals surface area contributed by atoms with Crippen molar-refractivity contribution in [3.63, 3.8) is 0 Å². The Kier molecular flexibility index (Phi) is 7.00. The number of hydrogen-bond donors (Lipinski definition) is 0. The first kappa shape index (κ1) is 22.5. The molecule has 4 nitrogen and oxygen atoms in total. The zero-order valence-electron chi connectivity index (χ0n) is 19.1. The van der Waals surface area contributed by atoms with Crippen molar-refractivity contribution in [1.82, 2.24) is 4.90 Å². The fourth-order valence-corrected chi connectivity index (χ4v) is 5.39. The van der Waals surface area contributed by atoms with E-state index in [0.29, 0.717) is 6.61 Å². The minimum absolute atomic E-state index is 0.0743. The molecule has 0 spiro atoms. The fraction of sp³-hybridized carbons (Fsp3) is 0.357. The summed E-state index contributed by atoms with van der Waals surface area (Å²) in [6.07, 6.45) is 1.05. The molecule has 2 unspecified atom stereocenters. The second-order valence-electron chi connectivity index (χ2n) is 8.81. The van der Waals surface area contributed by atoms with E-state index in [1.807, 2.05) is 18.2 Å². The third-order valence-corrected chi connectivity index (χ3v) is 7.29. The number of piperazine rings is 1. The number of rotatable bonds is 6. The second-order valence-corrected chi connectivity index (χ2v) is 9.72. The van der Waals surface area contributed by atoms with Gasteiger partial charge < -0.3 is 14.4 Å². The lowest BCUT2D eigenvalue weighted by Gasteiger charge is -2.47. The summed E-state index contributed by atoms with van der Waals surface area (Å²) in [6.45, 7) is 7.74. The van der Waals surface area contributed by atoms with Crippen LogP contribution in [0.2, 0.25) is 0 Å². The van der Waals surface area contributed by atoms with E-state index in [9.17, 15) is 0 Å². The maximum atomic E-state index is 6.43. The number of ether oxygens (including phenoxy) is 2. The second kappa shape index (κ2) is 10.3. The quantitative estimate of drug-likeness (QED) is 0.418. The van der Waals surface area contributed by atoms with Gasteiger partial charge in [-0.25, -0.2) is 0 Å². The molecule has 0 N–H and O–H groups in total. The summed E-state index contributed by atoms with van der Waals surface area (Å²) in [6, 6.07) is 25.8. The van der Waals surface area contributed by atoms with Crippen molar-refractivity contribution in [2.45, 2.75) is 32.1 Å². The topological polar surface area (TPSA) is 24.9 Å². The van der Waals surface area contributed by atoms with E-state index in [1.54, 1.807) is 0 Å². The van der Waals surface area contributed by atoms with Crippen LogP contribution in [-0.2, 0) is 17.8 Å². The molecule has 3 aromatic rings. The van der Waals surface area contributed by atoms with Gasteiger partial charge in [-0.05, 0) is 66.1 Å². The van der Waals surface area contributed by atoms with E-state index in [4.69, 9.17) is 9.47 Å². The minimum atomic E-state index is 0.0743. The molecule has 0 saturated carbocycles. The van der Waals surface area contributed by atoms with Crippen molar-refractivity contribution in [2.75, 3.05) is 37.7 Å². The molecule has 1 saturated heterocycles. The number of likely N-dealkylation sites (N-methyl/N-ethyl adjacent to an activating group) is 1. The van der Waals surface area contributed by atoms with E-state index < -0.39 is 0 Å².